The summed E-state index contributed by atoms with van der Waals surface area (Å²) in [6.07, 6.45) is -1.77. The fourth-order valence-electron chi connectivity index (χ4n) is 2.31. The highest BCUT2D eigenvalue weighted by Crippen LogP contribution is 2.24. The first-order valence-electron chi connectivity index (χ1n) is 7.70. The number of rotatable bonds is 7. The third-order valence-corrected chi connectivity index (χ3v) is 4.54. The van der Waals surface area contributed by atoms with Crippen molar-refractivity contribution in [2.24, 2.45) is 0 Å². The van der Waals surface area contributed by atoms with Gasteiger partial charge in [-0.25, -0.2) is 18.7 Å². The molecule has 0 radical (unpaired) electrons. The summed E-state index contributed by atoms with van der Waals surface area (Å²) in [5.74, 6) is 0.984. The number of aromatic nitrogens is 2. The molecule has 0 aliphatic rings. The van der Waals surface area contributed by atoms with Gasteiger partial charge in [0.1, 0.15) is 5.82 Å². The van der Waals surface area contributed by atoms with Crippen molar-refractivity contribution < 1.29 is 8.78 Å². The van der Waals surface area contributed by atoms with E-state index in [0.29, 0.717) is 17.9 Å². The van der Waals surface area contributed by atoms with Crippen LogP contribution in [0.25, 0.3) is 10.9 Å². The Morgan fingerprint density at radius 3 is 2.50 bits per heavy atom. The van der Waals surface area contributed by atoms with Gasteiger partial charge in [0.2, 0.25) is 0 Å². The van der Waals surface area contributed by atoms with Crippen LogP contribution in [0.1, 0.15) is 18.7 Å². The SMILES string of the molecule is FC(F)c1nc(NCCCSc2ccccc2)c2ccccc2n1. The number of nitrogens with one attached hydrogen (secondary N) is 1. The van der Waals surface area contributed by atoms with Crippen LogP contribution in [-0.4, -0.2) is 22.3 Å². The third kappa shape index (κ3) is 4.20. The molecule has 0 unspecified atom stereocenters. The van der Waals surface area contributed by atoms with Gasteiger partial charge in [0.25, 0.3) is 6.43 Å². The Morgan fingerprint density at radius 2 is 1.71 bits per heavy atom. The predicted octanol–water partition coefficient (Wildman–Crippen LogP) is 5.16. The highest BCUT2D eigenvalue weighted by molar-refractivity contribution is 7.99. The Balaban J connectivity index is 1.62. The van der Waals surface area contributed by atoms with Crippen molar-refractivity contribution in [1.82, 2.24) is 9.97 Å². The smallest absolute Gasteiger partial charge is 0.297 e. The van der Waals surface area contributed by atoms with E-state index in [9.17, 15) is 8.78 Å². The number of halogens is 2. The van der Waals surface area contributed by atoms with E-state index in [-0.39, 0.29) is 0 Å². The summed E-state index contributed by atoms with van der Waals surface area (Å²) in [5, 5.41) is 3.93. The van der Waals surface area contributed by atoms with E-state index < -0.39 is 12.2 Å². The van der Waals surface area contributed by atoms with Gasteiger partial charge in [-0.15, -0.1) is 11.8 Å². The molecule has 0 fully saturated rings. The highest BCUT2D eigenvalue weighted by Gasteiger charge is 2.14. The minimum absolute atomic E-state index is 0.435. The maximum absolute atomic E-state index is 12.9. The molecule has 3 nitrogen and oxygen atoms in total. The van der Waals surface area contributed by atoms with Gasteiger partial charge in [-0.1, -0.05) is 30.3 Å². The Kier molecular flexibility index (Phi) is 5.59. The van der Waals surface area contributed by atoms with Crippen molar-refractivity contribution >= 4 is 28.5 Å². The number of fused-ring (bicyclic) bond motifs is 1. The molecule has 3 rings (SSSR count). The molecule has 0 saturated carbocycles. The second-order valence-corrected chi connectivity index (χ2v) is 6.36. The lowest BCUT2D eigenvalue weighted by Gasteiger charge is -2.10. The molecule has 0 spiro atoms. The standard InChI is InChI=1S/C18H17F2N3S/c19-16(20)18-22-15-10-5-4-9-14(15)17(23-18)21-11-6-12-24-13-7-2-1-3-8-13/h1-5,7-10,16H,6,11-12H2,(H,21,22,23). The number of benzene rings is 2. The average molecular weight is 345 g/mol. The first-order valence-corrected chi connectivity index (χ1v) is 8.69. The number of alkyl halides is 2. The summed E-state index contributed by atoms with van der Waals surface area (Å²) < 4.78 is 25.9. The monoisotopic (exact) mass is 345 g/mol. The van der Waals surface area contributed by atoms with Crippen LogP contribution in [0.5, 0.6) is 0 Å². The van der Waals surface area contributed by atoms with Crippen molar-refractivity contribution in [2.45, 2.75) is 17.7 Å². The summed E-state index contributed by atoms with van der Waals surface area (Å²) in [7, 11) is 0. The molecule has 0 bridgehead atoms. The van der Waals surface area contributed by atoms with Gasteiger partial charge in [0.05, 0.1) is 5.52 Å². The van der Waals surface area contributed by atoms with E-state index in [0.717, 1.165) is 17.6 Å². The van der Waals surface area contributed by atoms with E-state index in [1.165, 1.54) is 4.90 Å². The molecular weight excluding hydrogens is 328 g/mol. The van der Waals surface area contributed by atoms with Gasteiger partial charge in [-0.05, 0) is 36.4 Å². The normalized spacial score (nSPS) is 11.1. The molecular formula is C18H17F2N3S. The fraction of sp³-hybridized carbons (Fsp3) is 0.222. The molecule has 24 heavy (non-hydrogen) atoms. The number of hydrogen-bond donors (Lipinski definition) is 1. The van der Waals surface area contributed by atoms with E-state index in [2.05, 4.69) is 27.4 Å². The molecule has 3 aromatic rings. The number of nitrogens with zero attached hydrogens (tertiary/aromatic N) is 2. The van der Waals surface area contributed by atoms with E-state index in [1.54, 1.807) is 23.9 Å². The minimum atomic E-state index is -2.68. The van der Waals surface area contributed by atoms with Gasteiger partial charge in [0, 0.05) is 16.8 Å². The van der Waals surface area contributed by atoms with E-state index in [1.807, 2.05) is 30.3 Å². The van der Waals surface area contributed by atoms with Crippen molar-refractivity contribution in [3.8, 4) is 0 Å². The van der Waals surface area contributed by atoms with Crippen LogP contribution in [0, 0.1) is 0 Å². The molecule has 6 heteroatoms. The zero-order valence-corrected chi connectivity index (χ0v) is 13.8. The third-order valence-electron chi connectivity index (χ3n) is 3.44. The topological polar surface area (TPSA) is 37.8 Å². The van der Waals surface area contributed by atoms with Gasteiger partial charge in [0.15, 0.2) is 5.82 Å². The van der Waals surface area contributed by atoms with Crippen LogP contribution in [0.4, 0.5) is 14.6 Å². The molecule has 0 atom stereocenters. The Hall–Kier alpha value is -2.21. The van der Waals surface area contributed by atoms with Crippen molar-refractivity contribution in [3.63, 3.8) is 0 Å². The maximum Gasteiger partial charge on any atom is 0.297 e. The fourth-order valence-corrected chi connectivity index (χ4v) is 3.19. The highest BCUT2D eigenvalue weighted by atomic mass is 32.2. The Labute approximate surface area is 143 Å². The second-order valence-electron chi connectivity index (χ2n) is 5.19. The van der Waals surface area contributed by atoms with Crippen LogP contribution in [-0.2, 0) is 0 Å². The Bertz CT molecular complexity index is 797. The molecule has 0 amide bonds. The van der Waals surface area contributed by atoms with Gasteiger partial charge >= 0.3 is 0 Å². The van der Waals surface area contributed by atoms with Crippen molar-refractivity contribution in [3.05, 3.63) is 60.4 Å². The summed E-state index contributed by atoms with van der Waals surface area (Å²) in [6, 6.07) is 17.4. The first-order chi connectivity index (χ1) is 11.7. The van der Waals surface area contributed by atoms with Crippen LogP contribution in [0.15, 0.2) is 59.5 Å². The van der Waals surface area contributed by atoms with Gasteiger partial charge in [-0.2, -0.15) is 0 Å². The molecule has 1 heterocycles. The van der Waals surface area contributed by atoms with Crippen LogP contribution in [0.2, 0.25) is 0 Å². The van der Waals surface area contributed by atoms with Gasteiger partial charge < -0.3 is 5.32 Å². The summed E-state index contributed by atoms with van der Waals surface area (Å²) in [5.41, 5.74) is 0.531. The Morgan fingerprint density at radius 1 is 0.958 bits per heavy atom. The molecule has 0 aliphatic carbocycles. The summed E-state index contributed by atoms with van der Waals surface area (Å²) >= 11 is 1.77. The van der Waals surface area contributed by atoms with Crippen molar-refractivity contribution in [2.75, 3.05) is 17.6 Å². The summed E-state index contributed by atoms with van der Waals surface area (Å²) in [4.78, 5) is 9.12. The van der Waals surface area contributed by atoms with E-state index in [4.69, 9.17) is 0 Å². The maximum atomic E-state index is 12.9. The van der Waals surface area contributed by atoms with E-state index >= 15 is 0 Å². The first kappa shape index (κ1) is 16.6. The number of anilines is 1. The largest absolute Gasteiger partial charge is 0.369 e. The van der Waals surface area contributed by atoms with Crippen LogP contribution < -0.4 is 5.32 Å². The molecule has 2 aromatic carbocycles. The van der Waals surface area contributed by atoms with Crippen LogP contribution >= 0.6 is 11.8 Å². The zero-order valence-electron chi connectivity index (χ0n) is 13.0. The molecule has 1 aromatic heterocycles. The van der Waals surface area contributed by atoms with Crippen LogP contribution in [0.3, 0.4) is 0 Å². The van der Waals surface area contributed by atoms with Gasteiger partial charge in [-0.3, -0.25) is 0 Å². The molecule has 1 N–H and O–H groups in total. The molecule has 0 aliphatic heterocycles. The quantitative estimate of drug-likeness (QED) is 0.474. The molecule has 124 valence electrons. The van der Waals surface area contributed by atoms with Crippen molar-refractivity contribution in [1.29, 1.82) is 0 Å². The lowest BCUT2D eigenvalue weighted by atomic mass is 10.2. The molecule has 0 saturated heterocycles. The summed E-state index contributed by atoms with van der Waals surface area (Å²) in [6.45, 7) is 0.670. The lowest BCUT2D eigenvalue weighted by Crippen LogP contribution is -2.08. The minimum Gasteiger partial charge on any atom is -0.369 e. The second kappa shape index (κ2) is 8.06. The number of thioether (sulfide) groups is 1. The average Bonchev–Trinajstić information content (AvgIpc) is 2.62. The zero-order chi connectivity index (χ0) is 16.8. The number of para-hydroxylation sites is 1. The lowest BCUT2D eigenvalue weighted by molar-refractivity contribution is 0.141. The number of hydrogen-bond acceptors (Lipinski definition) is 4. The predicted molar refractivity (Wildman–Crippen MR) is 94.8 cm³/mol.